The Balaban J connectivity index is 2.94. The molecule has 1 aromatic rings. The first-order valence-electron chi connectivity index (χ1n) is 5.86. The molecule has 3 nitrogen and oxygen atoms in total. The quantitative estimate of drug-likeness (QED) is 0.833. The third kappa shape index (κ3) is 2.99. The van der Waals surface area contributed by atoms with Crippen LogP contribution in [0.5, 0.6) is 0 Å². The summed E-state index contributed by atoms with van der Waals surface area (Å²) in [6, 6.07) is 9.61. The molecule has 0 spiro atoms. The molecule has 1 unspecified atom stereocenters. The fraction of sp³-hybridized carbons (Fsp3) is 0.400. The lowest BCUT2D eigenvalue weighted by Crippen LogP contribution is -2.46. The predicted molar refractivity (Wildman–Crippen MR) is 71.9 cm³/mol. The van der Waals surface area contributed by atoms with E-state index in [9.17, 15) is 9.90 Å². The number of carbonyl (C=O) groups is 1. The number of rotatable bonds is 4. The van der Waals surface area contributed by atoms with Crippen LogP contribution in [0.15, 0.2) is 36.4 Å². The average Bonchev–Trinajstić information content (AvgIpc) is 2.36. The molecule has 3 heteroatoms. The van der Waals surface area contributed by atoms with Crippen LogP contribution >= 0.6 is 0 Å². The van der Waals surface area contributed by atoms with Gasteiger partial charge in [0.15, 0.2) is 0 Å². The van der Waals surface area contributed by atoms with Crippen molar-refractivity contribution in [2.24, 2.45) is 5.41 Å². The summed E-state index contributed by atoms with van der Waals surface area (Å²) in [5, 5.41) is 10.4. The third-order valence-corrected chi connectivity index (χ3v) is 3.36. The van der Waals surface area contributed by atoms with Crippen molar-refractivity contribution in [1.82, 2.24) is 0 Å². The standard InChI is InChI=1S/C15H20O3/c1-14(2,13(16)18-4)15(3,17)11-10-12-8-6-5-7-9-12/h5-11,17H,1-4H3/b11-10+. The van der Waals surface area contributed by atoms with E-state index in [2.05, 4.69) is 0 Å². The first-order valence-corrected chi connectivity index (χ1v) is 5.86. The van der Waals surface area contributed by atoms with E-state index >= 15 is 0 Å². The number of esters is 1. The first kappa shape index (κ1) is 14.5. The lowest BCUT2D eigenvalue weighted by Gasteiger charge is -2.35. The normalized spacial score (nSPS) is 15.4. The van der Waals surface area contributed by atoms with Crippen LogP contribution in [-0.4, -0.2) is 23.8 Å². The lowest BCUT2D eigenvalue weighted by atomic mass is 9.75. The van der Waals surface area contributed by atoms with Crippen molar-refractivity contribution in [1.29, 1.82) is 0 Å². The summed E-state index contributed by atoms with van der Waals surface area (Å²) in [6.07, 6.45) is 3.42. The number of carbonyl (C=O) groups excluding carboxylic acids is 1. The van der Waals surface area contributed by atoms with Crippen molar-refractivity contribution in [2.45, 2.75) is 26.4 Å². The highest BCUT2D eigenvalue weighted by Crippen LogP contribution is 2.33. The summed E-state index contributed by atoms with van der Waals surface area (Å²) in [6.45, 7) is 4.92. The summed E-state index contributed by atoms with van der Waals surface area (Å²) in [5.74, 6) is -0.440. The lowest BCUT2D eigenvalue weighted by molar-refractivity contribution is -0.161. The molecule has 0 amide bonds. The zero-order valence-corrected chi connectivity index (χ0v) is 11.3. The maximum absolute atomic E-state index is 11.7. The predicted octanol–water partition coefficient (Wildman–Crippen LogP) is 2.65. The molecule has 1 N–H and O–H groups in total. The molecule has 0 saturated heterocycles. The highest BCUT2D eigenvalue weighted by atomic mass is 16.5. The van der Waals surface area contributed by atoms with E-state index in [1.807, 2.05) is 30.3 Å². The Morgan fingerprint density at radius 3 is 2.28 bits per heavy atom. The van der Waals surface area contributed by atoms with Crippen LogP contribution in [0.3, 0.4) is 0 Å². The number of hydrogen-bond acceptors (Lipinski definition) is 3. The van der Waals surface area contributed by atoms with Gasteiger partial charge in [-0.15, -0.1) is 0 Å². The maximum atomic E-state index is 11.7. The van der Waals surface area contributed by atoms with Crippen molar-refractivity contribution >= 4 is 12.0 Å². The summed E-state index contributed by atoms with van der Waals surface area (Å²) in [5.41, 5.74) is -1.32. The fourth-order valence-corrected chi connectivity index (χ4v) is 1.49. The van der Waals surface area contributed by atoms with Crippen molar-refractivity contribution in [2.75, 3.05) is 7.11 Å². The Kier molecular flexibility index (Phi) is 4.30. The monoisotopic (exact) mass is 248 g/mol. The highest BCUT2D eigenvalue weighted by molar-refractivity contribution is 5.78. The fourth-order valence-electron chi connectivity index (χ4n) is 1.49. The number of methoxy groups -OCH3 is 1. The van der Waals surface area contributed by atoms with E-state index in [1.54, 1.807) is 32.9 Å². The molecule has 1 rings (SSSR count). The van der Waals surface area contributed by atoms with Crippen LogP contribution in [0.4, 0.5) is 0 Å². The van der Waals surface area contributed by atoms with Crippen LogP contribution in [-0.2, 0) is 9.53 Å². The Labute approximate surface area is 108 Å². The van der Waals surface area contributed by atoms with Crippen molar-refractivity contribution in [3.63, 3.8) is 0 Å². The number of hydrogen-bond donors (Lipinski definition) is 1. The Morgan fingerprint density at radius 1 is 1.22 bits per heavy atom. The molecule has 0 bridgehead atoms. The minimum atomic E-state index is -1.28. The largest absolute Gasteiger partial charge is 0.469 e. The molecular formula is C15H20O3. The minimum absolute atomic E-state index is 0.440. The first-order chi connectivity index (χ1) is 8.31. The second-order valence-electron chi connectivity index (χ2n) is 5.01. The molecule has 1 atom stereocenters. The highest BCUT2D eigenvalue weighted by Gasteiger charge is 2.44. The summed E-state index contributed by atoms with van der Waals surface area (Å²) >= 11 is 0. The van der Waals surface area contributed by atoms with E-state index < -0.39 is 17.0 Å². The Morgan fingerprint density at radius 2 is 1.78 bits per heavy atom. The molecule has 0 heterocycles. The van der Waals surface area contributed by atoms with E-state index in [1.165, 1.54) is 7.11 Å². The number of benzene rings is 1. The Hall–Kier alpha value is -1.61. The van der Waals surface area contributed by atoms with Gasteiger partial charge in [-0.1, -0.05) is 42.5 Å². The second kappa shape index (κ2) is 5.36. The SMILES string of the molecule is COC(=O)C(C)(C)C(C)(O)/C=C/c1ccccc1. The number of ether oxygens (including phenoxy) is 1. The van der Waals surface area contributed by atoms with Crippen LogP contribution in [0, 0.1) is 5.41 Å². The van der Waals surface area contributed by atoms with E-state index in [-0.39, 0.29) is 0 Å². The van der Waals surface area contributed by atoms with E-state index in [4.69, 9.17) is 4.74 Å². The van der Waals surface area contributed by atoms with Crippen molar-refractivity contribution < 1.29 is 14.6 Å². The van der Waals surface area contributed by atoms with Crippen LogP contribution in [0.1, 0.15) is 26.3 Å². The smallest absolute Gasteiger partial charge is 0.314 e. The molecule has 18 heavy (non-hydrogen) atoms. The average molecular weight is 248 g/mol. The zero-order chi connectivity index (χ0) is 13.8. The van der Waals surface area contributed by atoms with Gasteiger partial charge in [0, 0.05) is 0 Å². The van der Waals surface area contributed by atoms with Crippen LogP contribution in [0.2, 0.25) is 0 Å². The molecule has 1 aromatic carbocycles. The van der Waals surface area contributed by atoms with Crippen LogP contribution < -0.4 is 0 Å². The molecule has 0 aliphatic rings. The summed E-state index contributed by atoms with van der Waals surface area (Å²) < 4.78 is 4.72. The molecule has 0 fully saturated rings. The van der Waals surface area contributed by atoms with Crippen molar-refractivity contribution in [3.8, 4) is 0 Å². The third-order valence-electron chi connectivity index (χ3n) is 3.36. The van der Waals surface area contributed by atoms with Gasteiger partial charge in [-0.3, -0.25) is 4.79 Å². The van der Waals surface area contributed by atoms with Gasteiger partial charge < -0.3 is 9.84 Å². The molecular weight excluding hydrogens is 228 g/mol. The molecule has 0 aliphatic heterocycles. The molecule has 0 aliphatic carbocycles. The van der Waals surface area contributed by atoms with Crippen molar-refractivity contribution in [3.05, 3.63) is 42.0 Å². The van der Waals surface area contributed by atoms with Gasteiger partial charge in [0.05, 0.1) is 18.1 Å². The van der Waals surface area contributed by atoms with Gasteiger partial charge in [-0.2, -0.15) is 0 Å². The van der Waals surface area contributed by atoms with Gasteiger partial charge in [-0.05, 0) is 26.3 Å². The maximum Gasteiger partial charge on any atom is 0.314 e. The molecule has 0 aromatic heterocycles. The molecule has 0 saturated carbocycles. The van der Waals surface area contributed by atoms with Gasteiger partial charge in [0.1, 0.15) is 0 Å². The minimum Gasteiger partial charge on any atom is -0.469 e. The topological polar surface area (TPSA) is 46.5 Å². The summed E-state index contributed by atoms with van der Waals surface area (Å²) in [4.78, 5) is 11.7. The molecule has 0 radical (unpaired) electrons. The van der Waals surface area contributed by atoms with Gasteiger partial charge in [0.25, 0.3) is 0 Å². The molecule has 98 valence electrons. The van der Waals surface area contributed by atoms with Gasteiger partial charge in [-0.25, -0.2) is 0 Å². The number of aliphatic hydroxyl groups is 1. The second-order valence-corrected chi connectivity index (χ2v) is 5.01. The van der Waals surface area contributed by atoms with Crippen LogP contribution in [0.25, 0.3) is 6.08 Å². The van der Waals surface area contributed by atoms with E-state index in [0.717, 1.165) is 5.56 Å². The van der Waals surface area contributed by atoms with Gasteiger partial charge in [0.2, 0.25) is 0 Å². The Bertz CT molecular complexity index is 430. The van der Waals surface area contributed by atoms with Gasteiger partial charge >= 0.3 is 5.97 Å². The summed E-state index contributed by atoms with van der Waals surface area (Å²) in [7, 11) is 1.32. The zero-order valence-electron chi connectivity index (χ0n) is 11.3. The van der Waals surface area contributed by atoms with E-state index in [0.29, 0.717) is 0 Å².